The number of aromatic nitrogens is 1. The maximum absolute atomic E-state index is 12.1. The van der Waals surface area contributed by atoms with E-state index < -0.39 is 5.97 Å². The molecule has 1 heterocycles. The van der Waals surface area contributed by atoms with E-state index in [2.05, 4.69) is 6.92 Å². The van der Waals surface area contributed by atoms with E-state index in [4.69, 9.17) is 0 Å². The molecule has 106 valence electrons. The van der Waals surface area contributed by atoms with E-state index in [0.29, 0.717) is 11.3 Å². The molecule has 0 saturated heterocycles. The lowest BCUT2D eigenvalue weighted by Gasteiger charge is -2.20. The number of carboxylic acid groups (broad SMARTS) is 1. The van der Waals surface area contributed by atoms with Gasteiger partial charge in [0.05, 0.1) is 5.56 Å². The topological polar surface area (TPSA) is 59.3 Å². The van der Waals surface area contributed by atoms with E-state index in [1.165, 1.54) is 6.07 Å². The Morgan fingerprint density at radius 1 is 1.37 bits per heavy atom. The number of unbranched alkanes of at least 4 members (excludes halogenated alkanes) is 2. The van der Waals surface area contributed by atoms with Gasteiger partial charge in [0, 0.05) is 17.8 Å². The number of carboxylic acids is 1. The molecule has 1 aromatic rings. The minimum Gasteiger partial charge on any atom is -0.478 e. The first kappa shape index (κ1) is 15.5. The summed E-state index contributed by atoms with van der Waals surface area (Å²) in [5.74, 6) is -0.968. The van der Waals surface area contributed by atoms with Crippen LogP contribution in [0, 0.1) is 13.8 Å². The third-order valence-corrected chi connectivity index (χ3v) is 3.58. The van der Waals surface area contributed by atoms with Crippen LogP contribution in [0.5, 0.6) is 0 Å². The minimum absolute atomic E-state index is 0.0396. The van der Waals surface area contributed by atoms with Gasteiger partial charge in [0.25, 0.3) is 5.56 Å². The second-order valence-electron chi connectivity index (χ2n) is 5.15. The smallest absolute Gasteiger partial charge is 0.337 e. The molecular formula is C15H23NO3. The Hall–Kier alpha value is -1.58. The summed E-state index contributed by atoms with van der Waals surface area (Å²) in [6.07, 6.45) is 4.22. The molecule has 19 heavy (non-hydrogen) atoms. The summed E-state index contributed by atoms with van der Waals surface area (Å²) in [6, 6.07) is 1.46. The summed E-state index contributed by atoms with van der Waals surface area (Å²) in [7, 11) is 0. The highest BCUT2D eigenvalue weighted by molar-refractivity contribution is 5.90. The Bertz CT molecular complexity index is 517. The zero-order valence-corrected chi connectivity index (χ0v) is 12.2. The highest BCUT2D eigenvalue weighted by Gasteiger charge is 2.18. The number of pyridine rings is 1. The zero-order valence-electron chi connectivity index (χ0n) is 12.2. The van der Waals surface area contributed by atoms with Crippen LogP contribution in [-0.4, -0.2) is 15.6 Å². The molecule has 0 spiro atoms. The Labute approximate surface area is 114 Å². The molecule has 1 N–H and O–H groups in total. The van der Waals surface area contributed by atoms with Crippen molar-refractivity contribution < 1.29 is 9.90 Å². The van der Waals surface area contributed by atoms with E-state index in [9.17, 15) is 14.7 Å². The second kappa shape index (κ2) is 6.55. The lowest BCUT2D eigenvalue weighted by atomic mass is 10.0. The van der Waals surface area contributed by atoms with E-state index in [1.54, 1.807) is 18.4 Å². The first-order chi connectivity index (χ1) is 8.90. The molecule has 1 aromatic heterocycles. The largest absolute Gasteiger partial charge is 0.478 e. The molecule has 0 fully saturated rings. The fraction of sp³-hybridized carbons (Fsp3) is 0.600. The van der Waals surface area contributed by atoms with Crippen molar-refractivity contribution in [3.8, 4) is 0 Å². The molecule has 0 aliphatic heterocycles. The number of rotatable bonds is 6. The van der Waals surface area contributed by atoms with Crippen molar-refractivity contribution >= 4 is 5.97 Å². The molecule has 0 aliphatic carbocycles. The molecule has 0 saturated carbocycles. The number of carbonyl (C=O) groups is 1. The molecule has 1 rings (SSSR count). The van der Waals surface area contributed by atoms with Crippen LogP contribution in [0.4, 0.5) is 0 Å². The number of nitrogens with zero attached hydrogens (tertiary/aromatic N) is 1. The van der Waals surface area contributed by atoms with E-state index in [0.717, 1.165) is 25.7 Å². The van der Waals surface area contributed by atoms with Crippen LogP contribution in [0.3, 0.4) is 0 Å². The van der Waals surface area contributed by atoms with Gasteiger partial charge >= 0.3 is 5.97 Å². The zero-order chi connectivity index (χ0) is 14.6. The van der Waals surface area contributed by atoms with E-state index in [-0.39, 0.29) is 17.2 Å². The van der Waals surface area contributed by atoms with E-state index in [1.807, 2.05) is 6.92 Å². The monoisotopic (exact) mass is 265 g/mol. The fourth-order valence-electron chi connectivity index (χ4n) is 2.59. The van der Waals surface area contributed by atoms with Gasteiger partial charge in [-0.05, 0) is 32.8 Å². The highest BCUT2D eigenvalue weighted by Crippen LogP contribution is 2.19. The quantitative estimate of drug-likeness (QED) is 0.803. The second-order valence-corrected chi connectivity index (χ2v) is 5.15. The summed E-state index contributed by atoms with van der Waals surface area (Å²) in [5.41, 5.74) is 1.24. The van der Waals surface area contributed by atoms with Crippen LogP contribution in [0.25, 0.3) is 0 Å². The van der Waals surface area contributed by atoms with Gasteiger partial charge in [0.2, 0.25) is 0 Å². The number of aromatic carboxylic acids is 1. The van der Waals surface area contributed by atoms with Crippen LogP contribution >= 0.6 is 0 Å². The summed E-state index contributed by atoms with van der Waals surface area (Å²) in [4.78, 5) is 23.4. The van der Waals surface area contributed by atoms with Gasteiger partial charge < -0.3 is 9.67 Å². The van der Waals surface area contributed by atoms with Gasteiger partial charge in [-0.25, -0.2) is 4.79 Å². The van der Waals surface area contributed by atoms with Gasteiger partial charge in [-0.1, -0.05) is 26.2 Å². The van der Waals surface area contributed by atoms with Crippen LogP contribution in [-0.2, 0) is 0 Å². The first-order valence-electron chi connectivity index (χ1n) is 6.86. The van der Waals surface area contributed by atoms with Gasteiger partial charge in [0.15, 0.2) is 0 Å². The van der Waals surface area contributed by atoms with Gasteiger partial charge in [-0.2, -0.15) is 0 Å². The van der Waals surface area contributed by atoms with Crippen molar-refractivity contribution in [1.29, 1.82) is 0 Å². The summed E-state index contributed by atoms with van der Waals surface area (Å²) in [5, 5.41) is 9.24. The summed E-state index contributed by atoms with van der Waals surface area (Å²) < 4.78 is 1.62. The van der Waals surface area contributed by atoms with Gasteiger partial charge in [-0.3, -0.25) is 4.79 Å². The minimum atomic E-state index is -0.968. The lowest BCUT2D eigenvalue weighted by molar-refractivity contribution is 0.0694. The van der Waals surface area contributed by atoms with Crippen LogP contribution in [0.2, 0.25) is 0 Å². The van der Waals surface area contributed by atoms with Crippen LogP contribution in [0.1, 0.15) is 67.2 Å². The van der Waals surface area contributed by atoms with Crippen LogP contribution in [0.15, 0.2) is 10.9 Å². The number of hydrogen-bond donors (Lipinski definition) is 1. The maximum Gasteiger partial charge on any atom is 0.337 e. The molecule has 1 atom stereocenters. The molecule has 4 heteroatoms. The number of aryl methyl sites for hydroxylation is 1. The Kier molecular flexibility index (Phi) is 5.33. The third-order valence-electron chi connectivity index (χ3n) is 3.58. The molecule has 1 unspecified atom stereocenters. The average Bonchev–Trinajstić information content (AvgIpc) is 2.27. The standard InChI is InChI=1S/C15H23NO3/c1-5-6-7-8-11(3)16-12(4)14(15(18)19)10(2)9-13(16)17/h9,11H,5-8H2,1-4H3,(H,18,19). The van der Waals surface area contributed by atoms with Crippen LogP contribution < -0.4 is 5.56 Å². The van der Waals surface area contributed by atoms with Crippen molar-refractivity contribution in [2.24, 2.45) is 0 Å². The molecule has 0 bridgehead atoms. The van der Waals surface area contributed by atoms with Crippen molar-refractivity contribution in [3.63, 3.8) is 0 Å². The molecule has 4 nitrogen and oxygen atoms in total. The summed E-state index contributed by atoms with van der Waals surface area (Å²) in [6.45, 7) is 7.50. The molecule has 0 aliphatic rings. The molecule has 0 aromatic carbocycles. The van der Waals surface area contributed by atoms with Crippen molar-refractivity contribution in [2.75, 3.05) is 0 Å². The Balaban J connectivity index is 3.17. The number of hydrogen-bond acceptors (Lipinski definition) is 2. The van der Waals surface area contributed by atoms with Gasteiger partial charge in [-0.15, -0.1) is 0 Å². The van der Waals surface area contributed by atoms with Gasteiger partial charge in [0.1, 0.15) is 0 Å². The normalized spacial score (nSPS) is 12.4. The average molecular weight is 265 g/mol. The summed E-state index contributed by atoms with van der Waals surface area (Å²) >= 11 is 0. The van der Waals surface area contributed by atoms with Crippen molar-refractivity contribution in [2.45, 2.75) is 59.4 Å². The molecule has 0 radical (unpaired) electrons. The molecular weight excluding hydrogens is 242 g/mol. The lowest BCUT2D eigenvalue weighted by Crippen LogP contribution is -2.28. The SMILES string of the molecule is CCCCCC(C)n1c(C)c(C(=O)O)c(C)cc1=O. The van der Waals surface area contributed by atoms with Crippen molar-refractivity contribution in [3.05, 3.63) is 33.2 Å². The third kappa shape index (κ3) is 3.46. The predicted molar refractivity (Wildman–Crippen MR) is 76.0 cm³/mol. The first-order valence-corrected chi connectivity index (χ1v) is 6.86. The molecule has 0 amide bonds. The van der Waals surface area contributed by atoms with Crippen molar-refractivity contribution in [1.82, 2.24) is 4.57 Å². The van der Waals surface area contributed by atoms with E-state index >= 15 is 0 Å². The Morgan fingerprint density at radius 3 is 2.53 bits per heavy atom. The fourth-order valence-corrected chi connectivity index (χ4v) is 2.59. The maximum atomic E-state index is 12.1. The highest BCUT2D eigenvalue weighted by atomic mass is 16.4. The predicted octanol–water partition coefficient (Wildman–Crippen LogP) is 3.30. The Morgan fingerprint density at radius 2 is 2.00 bits per heavy atom.